The first-order valence-electron chi connectivity index (χ1n) is 8.38. The minimum Gasteiger partial charge on any atom is -0.508 e. The zero-order valence-corrected chi connectivity index (χ0v) is 15.8. The monoisotopic (exact) mass is 380 g/mol. The van der Waals surface area contributed by atoms with Crippen molar-refractivity contribution in [2.24, 2.45) is 0 Å². The molecule has 134 valence electrons. The minimum absolute atomic E-state index is 0.200. The molecule has 25 heavy (non-hydrogen) atoms. The summed E-state index contributed by atoms with van der Waals surface area (Å²) >= 11 is 7.53. The molecule has 0 aliphatic carbocycles. The molecule has 3 rings (SSSR count). The molecule has 1 aromatic heterocycles. The molecule has 1 unspecified atom stereocenters. The van der Waals surface area contributed by atoms with Crippen LogP contribution in [0.15, 0.2) is 36.4 Å². The topological polar surface area (TPSA) is 48.2 Å². The number of thiophene rings is 1. The Hall–Kier alpha value is -1.76. The van der Waals surface area contributed by atoms with Gasteiger partial charge in [0, 0.05) is 31.9 Å². The summed E-state index contributed by atoms with van der Waals surface area (Å²) in [6.45, 7) is 4.41. The fourth-order valence-corrected chi connectivity index (χ4v) is 4.26. The summed E-state index contributed by atoms with van der Waals surface area (Å²) in [4.78, 5) is 19.1. The number of hydrogen-bond donors (Lipinski definition) is 2. The molecule has 1 aliphatic heterocycles. The third-order valence-corrected chi connectivity index (χ3v) is 5.64. The van der Waals surface area contributed by atoms with Crippen molar-refractivity contribution in [1.82, 2.24) is 4.90 Å². The highest BCUT2D eigenvalue weighted by molar-refractivity contribution is 7.16. The lowest BCUT2D eigenvalue weighted by molar-refractivity contribution is -0.885. The van der Waals surface area contributed by atoms with Gasteiger partial charge in [-0.15, -0.1) is 11.3 Å². The number of phenols is 1. The van der Waals surface area contributed by atoms with Crippen molar-refractivity contribution in [2.75, 3.05) is 44.7 Å². The van der Waals surface area contributed by atoms with Gasteiger partial charge in [0.25, 0.3) is 5.91 Å². The largest absolute Gasteiger partial charge is 0.508 e. The number of halogens is 1. The van der Waals surface area contributed by atoms with Crippen molar-refractivity contribution in [2.45, 2.75) is 6.54 Å². The predicted molar refractivity (Wildman–Crippen MR) is 102 cm³/mol. The molecule has 1 aliphatic rings. The second-order valence-corrected chi connectivity index (χ2v) is 8.20. The van der Waals surface area contributed by atoms with Crippen LogP contribution in [-0.2, 0) is 11.3 Å². The third-order valence-electron chi connectivity index (χ3n) is 4.41. The van der Waals surface area contributed by atoms with E-state index < -0.39 is 0 Å². The molecule has 1 amide bonds. The number of amides is 1. The fraction of sp³-hybridized carbons (Fsp3) is 0.389. The van der Waals surface area contributed by atoms with E-state index in [9.17, 15) is 9.90 Å². The van der Waals surface area contributed by atoms with Gasteiger partial charge in [-0.3, -0.25) is 4.79 Å². The number of carbonyl (C=O) groups excluding carboxylic acids is 1. The first-order chi connectivity index (χ1) is 12.0. The number of anilines is 1. The molecule has 0 radical (unpaired) electrons. The number of carbonyl (C=O) groups is 1. The molecule has 1 saturated heterocycles. The van der Waals surface area contributed by atoms with Crippen LogP contribution in [0.3, 0.4) is 0 Å². The Morgan fingerprint density at radius 2 is 1.84 bits per heavy atom. The first-order valence-corrected chi connectivity index (χ1v) is 9.58. The maximum absolute atomic E-state index is 12.5. The predicted octanol–water partition coefficient (Wildman–Crippen LogP) is 1.47. The number of likely N-dealkylation sites (N-methyl/N-ethyl adjacent to an activating group) is 1. The maximum Gasteiger partial charge on any atom is 0.277 e. The Morgan fingerprint density at radius 1 is 1.16 bits per heavy atom. The number of quaternary nitrogens is 1. The van der Waals surface area contributed by atoms with Crippen LogP contribution >= 0.6 is 22.9 Å². The van der Waals surface area contributed by atoms with E-state index >= 15 is 0 Å². The number of benzene rings is 1. The van der Waals surface area contributed by atoms with E-state index in [4.69, 9.17) is 11.6 Å². The van der Waals surface area contributed by atoms with Crippen molar-refractivity contribution in [1.29, 1.82) is 0 Å². The highest BCUT2D eigenvalue weighted by Gasteiger charge is 2.23. The van der Waals surface area contributed by atoms with Gasteiger partial charge in [-0.25, -0.2) is 0 Å². The lowest BCUT2D eigenvalue weighted by Gasteiger charge is -2.36. The summed E-state index contributed by atoms with van der Waals surface area (Å²) in [5.41, 5.74) is 1.09. The van der Waals surface area contributed by atoms with Gasteiger partial charge in [-0.05, 0) is 36.4 Å². The lowest BCUT2D eigenvalue weighted by Crippen LogP contribution is -3.08. The molecule has 0 bridgehead atoms. The number of aromatic hydroxyl groups is 1. The van der Waals surface area contributed by atoms with Crippen LogP contribution in [0.4, 0.5) is 5.69 Å². The van der Waals surface area contributed by atoms with Gasteiger partial charge in [0.05, 0.1) is 16.3 Å². The molecule has 1 fully saturated rings. The number of rotatable bonds is 5. The van der Waals surface area contributed by atoms with Crippen molar-refractivity contribution < 1.29 is 14.8 Å². The van der Waals surface area contributed by atoms with E-state index in [-0.39, 0.29) is 11.7 Å². The number of nitrogens with zero attached hydrogens (tertiary/aromatic N) is 2. The number of phenolic OH excluding ortho intramolecular Hbond substituents is 1. The Kier molecular flexibility index (Phi) is 5.83. The summed E-state index contributed by atoms with van der Waals surface area (Å²) in [5.74, 6) is 0.473. The zero-order valence-electron chi connectivity index (χ0n) is 14.2. The van der Waals surface area contributed by atoms with E-state index in [2.05, 4.69) is 4.90 Å². The van der Waals surface area contributed by atoms with Crippen LogP contribution in [0.2, 0.25) is 4.34 Å². The number of hydrogen-bond acceptors (Lipinski definition) is 4. The third kappa shape index (κ3) is 4.87. The van der Waals surface area contributed by atoms with Crippen molar-refractivity contribution >= 4 is 34.5 Å². The molecule has 7 heteroatoms. The van der Waals surface area contributed by atoms with Gasteiger partial charge in [0.1, 0.15) is 12.3 Å². The average Bonchev–Trinajstić information content (AvgIpc) is 3.00. The highest BCUT2D eigenvalue weighted by Crippen LogP contribution is 2.21. The Labute approximate surface area is 157 Å². The molecule has 2 heterocycles. The second-order valence-electron chi connectivity index (χ2n) is 6.40. The second kappa shape index (κ2) is 8.08. The van der Waals surface area contributed by atoms with Crippen molar-refractivity contribution in [3.63, 3.8) is 0 Å². The average molecular weight is 381 g/mol. The first kappa shape index (κ1) is 18.0. The molecule has 1 atom stereocenters. The lowest BCUT2D eigenvalue weighted by atomic mass is 10.2. The van der Waals surface area contributed by atoms with Gasteiger partial charge < -0.3 is 19.8 Å². The Bertz CT molecular complexity index is 711. The van der Waals surface area contributed by atoms with Crippen LogP contribution in [0, 0.1) is 0 Å². The number of nitrogens with one attached hydrogen (secondary N) is 1. The zero-order chi connectivity index (χ0) is 17.8. The van der Waals surface area contributed by atoms with Gasteiger partial charge in [-0.2, -0.15) is 0 Å². The molecular weight excluding hydrogens is 358 g/mol. The molecule has 2 aromatic rings. The standard InChI is InChI=1S/C18H22ClN3O2S/c1-20(12-16-6-7-17(19)25-16)13-18(24)22-10-8-21(9-11-22)14-2-4-15(23)5-3-14/h2-7,23H,8-13H2,1H3/p+1. The van der Waals surface area contributed by atoms with E-state index in [0.29, 0.717) is 6.54 Å². The molecular formula is C18H23ClN3O2S+. The summed E-state index contributed by atoms with van der Waals surface area (Å²) in [7, 11) is 2.04. The van der Waals surface area contributed by atoms with Gasteiger partial charge >= 0.3 is 0 Å². The molecule has 1 aromatic carbocycles. The Morgan fingerprint density at radius 3 is 2.44 bits per heavy atom. The van der Waals surface area contributed by atoms with Crippen LogP contribution < -0.4 is 9.80 Å². The molecule has 0 spiro atoms. The summed E-state index contributed by atoms with van der Waals surface area (Å²) in [6.07, 6.45) is 0. The van der Waals surface area contributed by atoms with Gasteiger partial charge in [0.15, 0.2) is 6.54 Å². The van der Waals surface area contributed by atoms with Crippen LogP contribution in [0.25, 0.3) is 0 Å². The van der Waals surface area contributed by atoms with Crippen LogP contribution in [0.1, 0.15) is 4.88 Å². The molecule has 2 N–H and O–H groups in total. The van der Waals surface area contributed by atoms with E-state index in [1.54, 1.807) is 23.5 Å². The van der Waals surface area contributed by atoms with E-state index in [1.807, 2.05) is 36.2 Å². The van der Waals surface area contributed by atoms with Crippen LogP contribution in [-0.4, -0.2) is 55.7 Å². The SMILES string of the molecule is C[NH+](CC(=O)N1CCN(c2ccc(O)cc2)CC1)Cc1ccc(Cl)s1. The quantitative estimate of drug-likeness (QED) is 0.825. The highest BCUT2D eigenvalue weighted by atomic mass is 35.5. The van der Waals surface area contributed by atoms with Gasteiger partial charge in [-0.1, -0.05) is 11.6 Å². The summed E-state index contributed by atoms with van der Waals surface area (Å²) in [5, 5.41) is 9.38. The maximum atomic E-state index is 12.5. The van der Waals surface area contributed by atoms with Crippen molar-refractivity contribution in [3.05, 3.63) is 45.6 Å². The minimum atomic E-state index is 0.200. The van der Waals surface area contributed by atoms with E-state index in [0.717, 1.165) is 42.7 Å². The van der Waals surface area contributed by atoms with Crippen LogP contribution in [0.5, 0.6) is 5.75 Å². The fourth-order valence-electron chi connectivity index (χ4n) is 3.05. The van der Waals surface area contributed by atoms with E-state index in [1.165, 1.54) is 9.78 Å². The van der Waals surface area contributed by atoms with Crippen molar-refractivity contribution in [3.8, 4) is 5.75 Å². The molecule has 5 nitrogen and oxygen atoms in total. The number of piperazine rings is 1. The molecule has 0 saturated carbocycles. The summed E-state index contributed by atoms with van der Waals surface area (Å²) < 4.78 is 0.791. The normalized spacial score (nSPS) is 16.1. The van der Waals surface area contributed by atoms with Gasteiger partial charge in [0.2, 0.25) is 0 Å². The smallest absolute Gasteiger partial charge is 0.277 e. The summed E-state index contributed by atoms with van der Waals surface area (Å²) in [6, 6.07) is 11.1. The Balaban J connectivity index is 1.47.